The molecule has 3 saturated heterocycles. The Balaban J connectivity index is 1.32. The van der Waals surface area contributed by atoms with Gasteiger partial charge in [-0.2, -0.15) is 0 Å². The molecule has 3 amide bonds. The van der Waals surface area contributed by atoms with Crippen molar-refractivity contribution in [2.75, 3.05) is 38.4 Å². The predicted octanol–water partition coefficient (Wildman–Crippen LogP) is 2.07. The molecule has 3 unspecified atom stereocenters. The molecule has 0 aromatic heterocycles. The van der Waals surface area contributed by atoms with Crippen LogP contribution in [0.5, 0.6) is 11.5 Å². The molecule has 5 aliphatic heterocycles. The first-order valence-electron chi connectivity index (χ1n) is 11.3. The van der Waals surface area contributed by atoms with Crippen molar-refractivity contribution in [1.82, 2.24) is 20.9 Å². The van der Waals surface area contributed by atoms with Gasteiger partial charge in [0.1, 0.15) is 5.69 Å². The summed E-state index contributed by atoms with van der Waals surface area (Å²) in [4.78, 5) is 31.3. The molecule has 3 fully saturated rings. The number of thioether (sulfide) groups is 1. The number of halogens is 1. The van der Waals surface area contributed by atoms with Gasteiger partial charge in [0.25, 0.3) is 5.91 Å². The quantitative estimate of drug-likeness (QED) is 0.595. The van der Waals surface area contributed by atoms with Crippen molar-refractivity contribution in [3.8, 4) is 11.5 Å². The van der Waals surface area contributed by atoms with Gasteiger partial charge in [0, 0.05) is 24.2 Å². The van der Waals surface area contributed by atoms with Crippen LogP contribution in [-0.4, -0.2) is 67.8 Å². The van der Waals surface area contributed by atoms with Gasteiger partial charge in [-0.15, -0.1) is 0 Å². The number of likely N-dealkylation sites (tertiary alicyclic amines) is 1. The number of ether oxygens (including phenoxy) is 2. The van der Waals surface area contributed by atoms with Gasteiger partial charge in [-0.25, -0.2) is 4.79 Å². The zero-order chi connectivity index (χ0) is 22.7. The first-order valence-corrected chi connectivity index (χ1v) is 12.6. The Labute approximate surface area is 201 Å². The molecular weight excluding hydrogens is 466 g/mol. The van der Waals surface area contributed by atoms with Gasteiger partial charge in [0.15, 0.2) is 11.5 Å². The summed E-state index contributed by atoms with van der Waals surface area (Å²) in [5.41, 5.74) is 1.24. The molecule has 176 valence electrons. The second kappa shape index (κ2) is 8.26. The number of nitrogens with zero attached hydrogens (tertiary/aromatic N) is 2. The normalized spacial score (nSPS) is 30.8. The SMILES string of the molecule is CN1CCC[C@@H](NC(=O)C2=C3NC(=O)N(c4c(Cl)ccc5c4OCO5)C4CCNC(S2)C34)C1. The monoisotopic (exact) mass is 491 g/mol. The number of benzene rings is 1. The highest BCUT2D eigenvalue weighted by Crippen LogP contribution is 2.52. The standard InChI is InChI=1S/C22H26ClN5O4S/c1-27-8-2-3-11(9-27)25-20(29)19-16-15-13(6-7-24-21(15)33-19)28(22(30)26-16)17-12(23)4-5-14-18(17)32-10-31-14/h4-5,11,13,15,21,24H,2-3,6-10H2,1H3,(H,25,29)(H,26,30)/t11-,13?,15?,21?/m1/s1. The zero-order valence-corrected chi connectivity index (χ0v) is 19.8. The minimum Gasteiger partial charge on any atom is -0.454 e. The van der Waals surface area contributed by atoms with Crippen molar-refractivity contribution >= 4 is 41.0 Å². The first kappa shape index (κ1) is 21.4. The van der Waals surface area contributed by atoms with E-state index in [1.165, 1.54) is 11.8 Å². The van der Waals surface area contributed by atoms with Crippen LogP contribution in [0.25, 0.3) is 0 Å². The number of carbonyl (C=O) groups is 2. The van der Waals surface area contributed by atoms with Gasteiger partial charge in [0.05, 0.1) is 21.3 Å². The lowest BCUT2D eigenvalue weighted by Gasteiger charge is -2.46. The average molecular weight is 492 g/mol. The number of carbonyl (C=O) groups excluding carboxylic acids is 2. The molecule has 0 saturated carbocycles. The van der Waals surface area contributed by atoms with E-state index in [4.69, 9.17) is 21.1 Å². The van der Waals surface area contributed by atoms with Crippen molar-refractivity contribution in [3.05, 3.63) is 27.8 Å². The minimum atomic E-state index is -0.303. The summed E-state index contributed by atoms with van der Waals surface area (Å²) in [5.74, 6) is 0.914. The lowest BCUT2D eigenvalue weighted by atomic mass is 9.86. The fourth-order valence-electron chi connectivity index (χ4n) is 5.57. The molecule has 6 rings (SSSR count). The summed E-state index contributed by atoms with van der Waals surface area (Å²) in [7, 11) is 2.07. The Morgan fingerprint density at radius 3 is 3.03 bits per heavy atom. The highest BCUT2D eigenvalue weighted by Gasteiger charge is 2.53. The highest BCUT2D eigenvalue weighted by atomic mass is 35.5. The number of anilines is 1. The summed E-state index contributed by atoms with van der Waals surface area (Å²) < 4.78 is 11.2. The third-order valence-corrected chi connectivity index (χ3v) is 8.67. The summed E-state index contributed by atoms with van der Waals surface area (Å²) >= 11 is 8.08. The van der Waals surface area contributed by atoms with Crippen molar-refractivity contribution in [2.24, 2.45) is 5.92 Å². The highest BCUT2D eigenvalue weighted by molar-refractivity contribution is 8.04. The van der Waals surface area contributed by atoms with E-state index < -0.39 is 0 Å². The molecule has 3 N–H and O–H groups in total. The Bertz CT molecular complexity index is 1050. The number of amides is 3. The van der Waals surface area contributed by atoms with Crippen LogP contribution >= 0.6 is 23.4 Å². The van der Waals surface area contributed by atoms with Crippen molar-refractivity contribution in [2.45, 2.75) is 36.7 Å². The molecule has 5 heterocycles. The number of piperidine rings is 2. The van der Waals surface area contributed by atoms with Crippen LogP contribution in [0, 0.1) is 5.92 Å². The maximum absolute atomic E-state index is 13.4. The van der Waals surface area contributed by atoms with Crippen LogP contribution in [-0.2, 0) is 4.79 Å². The summed E-state index contributed by atoms with van der Waals surface area (Å²) in [6, 6.07) is 3.15. The number of nitrogens with one attached hydrogen (secondary N) is 3. The van der Waals surface area contributed by atoms with Crippen LogP contribution in [0.2, 0.25) is 5.02 Å². The fourth-order valence-corrected chi connectivity index (χ4v) is 7.21. The van der Waals surface area contributed by atoms with Crippen LogP contribution in [0.1, 0.15) is 19.3 Å². The molecule has 0 radical (unpaired) electrons. The first-order chi connectivity index (χ1) is 16.0. The smallest absolute Gasteiger partial charge is 0.326 e. The van der Waals surface area contributed by atoms with Crippen molar-refractivity contribution in [1.29, 1.82) is 0 Å². The van der Waals surface area contributed by atoms with E-state index in [2.05, 4.69) is 27.9 Å². The van der Waals surface area contributed by atoms with E-state index in [0.29, 0.717) is 32.8 Å². The Hall–Kier alpha value is -2.14. The van der Waals surface area contributed by atoms with E-state index in [1.807, 2.05) is 0 Å². The molecule has 1 aromatic carbocycles. The molecule has 9 nitrogen and oxygen atoms in total. The Morgan fingerprint density at radius 1 is 1.30 bits per heavy atom. The molecule has 11 heteroatoms. The number of urea groups is 1. The molecule has 4 atom stereocenters. The lowest BCUT2D eigenvalue weighted by molar-refractivity contribution is -0.117. The largest absolute Gasteiger partial charge is 0.454 e. The van der Waals surface area contributed by atoms with Gasteiger partial charge >= 0.3 is 6.03 Å². The third-order valence-electron chi connectivity index (χ3n) is 7.01. The summed E-state index contributed by atoms with van der Waals surface area (Å²) in [6.45, 7) is 2.73. The van der Waals surface area contributed by atoms with E-state index in [9.17, 15) is 9.59 Å². The second-order valence-electron chi connectivity index (χ2n) is 9.12. The number of rotatable bonds is 3. The van der Waals surface area contributed by atoms with Gasteiger partial charge in [-0.3, -0.25) is 9.69 Å². The molecule has 0 bridgehead atoms. The predicted molar refractivity (Wildman–Crippen MR) is 126 cm³/mol. The maximum atomic E-state index is 13.4. The Kier molecular flexibility index (Phi) is 5.36. The van der Waals surface area contributed by atoms with Gasteiger partial charge in [0.2, 0.25) is 6.79 Å². The molecule has 33 heavy (non-hydrogen) atoms. The maximum Gasteiger partial charge on any atom is 0.326 e. The number of hydrogen-bond donors (Lipinski definition) is 3. The fraction of sp³-hybridized carbons (Fsp3) is 0.545. The Morgan fingerprint density at radius 2 is 2.18 bits per heavy atom. The molecule has 1 aromatic rings. The molecule has 0 spiro atoms. The van der Waals surface area contributed by atoms with E-state index in [0.717, 1.165) is 38.9 Å². The van der Waals surface area contributed by atoms with Crippen molar-refractivity contribution in [3.63, 3.8) is 0 Å². The molecule has 0 aliphatic carbocycles. The topological polar surface area (TPSA) is 95.2 Å². The number of hydrogen-bond acceptors (Lipinski definition) is 7. The van der Waals surface area contributed by atoms with Crippen LogP contribution < -0.4 is 30.3 Å². The molecular formula is C22H26ClN5O4S. The van der Waals surface area contributed by atoms with Gasteiger partial charge in [-0.1, -0.05) is 23.4 Å². The minimum absolute atomic E-state index is 0.00401. The lowest BCUT2D eigenvalue weighted by Crippen LogP contribution is -2.62. The van der Waals surface area contributed by atoms with Crippen LogP contribution in [0.4, 0.5) is 10.5 Å². The average Bonchev–Trinajstić information content (AvgIpc) is 3.41. The van der Waals surface area contributed by atoms with E-state index >= 15 is 0 Å². The van der Waals surface area contributed by atoms with Gasteiger partial charge in [-0.05, 0) is 51.5 Å². The second-order valence-corrected chi connectivity index (χ2v) is 10.7. The van der Waals surface area contributed by atoms with Crippen molar-refractivity contribution < 1.29 is 19.1 Å². The summed E-state index contributed by atoms with van der Waals surface area (Å²) in [6.07, 6.45) is 2.77. The van der Waals surface area contributed by atoms with Crippen LogP contribution in [0.15, 0.2) is 22.7 Å². The number of likely N-dealkylation sites (N-methyl/N-ethyl adjacent to an activating group) is 1. The van der Waals surface area contributed by atoms with E-state index in [-0.39, 0.29) is 42.1 Å². The van der Waals surface area contributed by atoms with Gasteiger partial charge < -0.3 is 30.3 Å². The zero-order valence-electron chi connectivity index (χ0n) is 18.2. The van der Waals surface area contributed by atoms with Crippen LogP contribution in [0.3, 0.4) is 0 Å². The number of fused-ring (bicyclic) bond motifs is 1. The summed E-state index contributed by atoms with van der Waals surface area (Å²) in [5, 5.41) is 10.2. The van der Waals surface area contributed by atoms with E-state index in [1.54, 1.807) is 17.0 Å². The third kappa shape index (κ3) is 3.54. The molecule has 5 aliphatic rings.